The van der Waals surface area contributed by atoms with E-state index in [1.165, 1.54) is 0 Å². The molecule has 0 amide bonds. The minimum absolute atomic E-state index is 0.0546. The molecular weight excluding hydrogens is 384 g/mol. The molecule has 4 aromatic heterocycles. The van der Waals surface area contributed by atoms with E-state index in [2.05, 4.69) is 36.4 Å². The number of nitrogens with zero attached hydrogens (tertiary/aromatic N) is 6. The molecule has 8 heteroatoms. The third kappa shape index (κ3) is 3.63. The van der Waals surface area contributed by atoms with E-state index < -0.39 is 0 Å². The highest BCUT2D eigenvalue weighted by Gasteiger charge is 2.23. The number of hydrogen-bond donors (Lipinski definition) is 0. The molecule has 1 aliphatic heterocycles. The van der Waals surface area contributed by atoms with Gasteiger partial charge in [0.05, 0.1) is 11.1 Å². The SMILES string of the molecule is O=c1ccc(-c2ccncc2)nn1CC1CCN(c2ncnc3sccc23)CC1. The Kier molecular flexibility index (Phi) is 4.77. The number of thiophene rings is 1. The normalized spacial score (nSPS) is 15.1. The summed E-state index contributed by atoms with van der Waals surface area (Å²) in [6.45, 7) is 2.49. The van der Waals surface area contributed by atoms with Crippen molar-refractivity contribution in [1.82, 2.24) is 24.7 Å². The molecule has 0 atom stereocenters. The molecular formula is C21H20N6OS. The molecule has 5 heterocycles. The maximum atomic E-state index is 12.3. The maximum absolute atomic E-state index is 12.3. The summed E-state index contributed by atoms with van der Waals surface area (Å²) in [4.78, 5) is 28.6. The zero-order valence-corrected chi connectivity index (χ0v) is 16.6. The van der Waals surface area contributed by atoms with Crippen LogP contribution >= 0.6 is 11.3 Å². The molecule has 0 aliphatic carbocycles. The molecule has 29 heavy (non-hydrogen) atoms. The van der Waals surface area contributed by atoms with Gasteiger partial charge in [-0.15, -0.1) is 11.3 Å². The number of piperidine rings is 1. The van der Waals surface area contributed by atoms with Crippen LogP contribution in [0.25, 0.3) is 21.5 Å². The van der Waals surface area contributed by atoms with Gasteiger partial charge >= 0.3 is 0 Å². The topological polar surface area (TPSA) is 76.8 Å². The van der Waals surface area contributed by atoms with Crippen molar-refractivity contribution in [2.24, 2.45) is 5.92 Å². The second-order valence-electron chi connectivity index (χ2n) is 7.24. The van der Waals surface area contributed by atoms with Crippen LogP contribution in [0.15, 0.2) is 59.2 Å². The first kappa shape index (κ1) is 17.9. The third-order valence-corrected chi connectivity index (χ3v) is 6.25. The van der Waals surface area contributed by atoms with Gasteiger partial charge in [0.25, 0.3) is 5.56 Å². The summed E-state index contributed by atoms with van der Waals surface area (Å²) in [7, 11) is 0. The van der Waals surface area contributed by atoms with Gasteiger partial charge < -0.3 is 4.90 Å². The minimum atomic E-state index is -0.0546. The number of anilines is 1. The largest absolute Gasteiger partial charge is 0.356 e. The van der Waals surface area contributed by atoms with Crippen LogP contribution < -0.4 is 10.5 Å². The van der Waals surface area contributed by atoms with Crippen LogP contribution in [-0.4, -0.2) is 37.8 Å². The van der Waals surface area contributed by atoms with Crippen LogP contribution in [-0.2, 0) is 6.54 Å². The van der Waals surface area contributed by atoms with E-state index in [1.807, 2.05) is 12.1 Å². The molecule has 0 aromatic carbocycles. The first-order chi connectivity index (χ1) is 14.3. The van der Waals surface area contributed by atoms with Gasteiger partial charge in [-0.3, -0.25) is 9.78 Å². The highest BCUT2D eigenvalue weighted by Crippen LogP contribution is 2.30. The predicted octanol–water partition coefficient (Wildman–Crippen LogP) is 3.23. The Labute approximate surface area is 171 Å². The van der Waals surface area contributed by atoms with Crippen LogP contribution in [0.1, 0.15) is 12.8 Å². The molecule has 0 spiro atoms. The number of fused-ring (bicyclic) bond motifs is 1. The first-order valence-corrected chi connectivity index (χ1v) is 10.6. The molecule has 146 valence electrons. The lowest BCUT2D eigenvalue weighted by molar-refractivity contribution is 0.335. The second-order valence-corrected chi connectivity index (χ2v) is 8.14. The van der Waals surface area contributed by atoms with Crippen molar-refractivity contribution in [2.45, 2.75) is 19.4 Å². The van der Waals surface area contributed by atoms with E-state index in [0.29, 0.717) is 12.5 Å². The quantitative estimate of drug-likeness (QED) is 0.520. The lowest BCUT2D eigenvalue weighted by Crippen LogP contribution is -2.37. The Morgan fingerprint density at radius 1 is 1.03 bits per heavy atom. The Morgan fingerprint density at radius 2 is 1.86 bits per heavy atom. The molecule has 7 nitrogen and oxygen atoms in total. The van der Waals surface area contributed by atoms with Crippen molar-refractivity contribution < 1.29 is 0 Å². The van der Waals surface area contributed by atoms with Gasteiger partial charge in [0.15, 0.2) is 0 Å². The fourth-order valence-corrected chi connectivity index (χ4v) is 4.58. The van der Waals surface area contributed by atoms with Crippen LogP contribution in [0, 0.1) is 5.92 Å². The van der Waals surface area contributed by atoms with E-state index in [-0.39, 0.29) is 5.56 Å². The van der Waals surface area contributed by atoms with E-state index in [0.717, 1.165) is 53.2 Å². The number of hydrogen-bond acceptors (Lipinski definition) is 7. The third-order valence-electron chi connectivity index (χ3n) is 5.43. The molecule has 1 aliphatic rings. The van der Waals surface area contributed by atoms with Gasteiger partial charge in [0.2, 0.25) is 0 Å². The van der Waals surface area contributed by atoms with Crippen molar-refractivity contribution in [1.29, 1.82) is 0 Å². The Hall–Kier alpha value is -3.13. The molecule has 0 N–H and O–H groups in total. The van der Waals surface area contributed by atoms with Crippen molar-refractivity contribution in [3.05, 3.63) is 64.8 Å². The summed E-state index contributed by atoms with van der Waals surface area (Å²) in [5, 5.41) is 7.77. The molecule has 1 saturated heterocycles. The van der Waals surface area contributed by atoms with E-state index in [9.17, 15) is 4.79 Å². The van der Waals surface area contributed by atoms with Crippen molar-refractivity contribution in [3.8, 4) is 11.3 Å². The van der Waals surface area contributed by atoms with E-state index in [1.54, 1.807) is 46.9 Å². The highest BCUT2D eigenvalue weighted by molar-refractivity contribution is 7.16. The summed E-state index contributed by atoms with van der Waals surface area (Å²) < 4.78 is 1.61. The monoisotopic (exact) mass is 404 g/mol. The van der Waals surface area contributed by atoms with E-state index >= 15 is 0 Å². The molecule has 1 fully saturated rings. The molecule has 0 bridgehead atoms. The zero-order valence-electron chi connectivity index (χ0n) is 15.8. The standard InChI is InChI=1S/C21H20N6OS/c28-19-2-1-18(16-3-8-22-9-4-16)25-27(19)13-15-5-10-26(11-6-15)20-17-7-12-29-21(17)24-14-23-20/h1-4,7-9,12,14-15H,5-6,10-11,13H2. The smallest absolute Gasteiger partial charge is 0.266 e. The van der Waals surface area contributed by atoms with Crippen molar-refractivity contribution >= 4 is 27.4 Å². The number of pyridine rings is 1. The predicted molar refractivity (Wildman–Crippen MR) is 114 cm³/mol. The van der Waals surface area contributed by atoms with Gasteiger partial charge in [-0.25, -0.2) is 14.6 Å². The van der Waals surface area contributed by atoms with E-state index in [4.69, 9.17) is 0 Å². The van der Waals surface area contributed by atoms with Gasteiger partial charge in [0, 0.05) is 43.7 Å². The van der Waals surface area contributed by atoms with Crippen LogP contribution in [0.4, 0.5) is 5.82 Å². The van der Waals surface area contributed by atoms with Crippen molar-refractivity contribution in [3.63, 3.8) is 0 Å². The Morgan fingerprint density at radius 3 is 2.69 bits per heavy atom. The summed E-state index contributed by atoms with van der Waals surface area (Å²) in [6.07, 6.45) is 7.13. The molecule has 0 unspecified atom stereocenters. The summed E-state index contributed by atoms with van der Waals surface area (Å²) in [5.74, 6) is 1.44. The summed E-state index contributed by atoms with van der Waals surface area (Å²) >= 11 is 1.64. The van der Waals surface area contributed by atoms with Crippen molar-refractivity contribution in [2.75, 3.05) is 18.0 Å². The lowest BCUT2D eigenvalue weighted by Gasteiger charge is -2.33. The van der Waals surface area contributed by atoms with Gasteiger partial charge in [-0.05, 0) is 48.4 Å². The second kappa shape index (κ2) is 7.71. The molecule has 5 rings (SSSR count). The fourth-order valence-electron chi connectivity index (χ4n) is 3.86. The molecule has 0 saturated carbocycles. The average molecular weight is 404 g/mol. The van der Waals surface area contributed by atoms with Gasteiger partial charge in [-0.2, -0.15) is 5.10 Å². The average Bonchev–Trinajstić information content (AvgIpc) is 3.26. The number of aromatic nitrogens is 5. The summed E-state index contributed by atoms with van der Waals surface area (Å²) in [5.41, 5.74) is 1.71. The first-order valence-electron chi connectivity index (χ1n) is 9.69. The van der Waals surface area contributed by atoms with Gasteiger partial charge in [0.1, 0.15) is 17.0 Å². The number of rotatable bonds is 4. The van der Waals surface area contributed by atoms with Crippen LogP contribution in [0.2, 0.25) is 0 Å². The molecule has 4 aromatic rings. The Balaban J connectivity index is 1.30. The maximum Gasteiger partial charge on any atom is 0.266 e. The highest BCUT2D eigenvalue weighted by atomic mass is 32.1. The summed E-state index contributed by atoms with van der Waals surface area (Å²) in [6, 6.07) is 9.28. The minimum Gasteiger partial charge on any atom is -0.356 e. The van der Waals surface area contributed by atoms with Gasteiger partial charge in [-0.1, -0.05) is 0 Å². The molecule has 0 radical (unpaired) electrons. The Bertz CT molecular complexity index is 1180. The van der Waals surface area contributed by atoms with Crippen LogP contribution in [0.5, 0.6) is 0 Å². The lowest BCUT2D eigenvalue weighted by atomic mass is 9.96. The zero-order chi connectivity index (χ0) is 19.6. The fraction of sp³-hybridized carbons (Fsp3) is 0.286. The van der Waals surface area contributed by atoms with Crippen LogP contribution in [0.3, 0.4) is 0 Å².